The minimum atomic E-state index is -0.576. The number of rotatable bonds is 3. The molecule has 1 aromatic heterocycles. The summed E-state index contributed by atoms with van der Waals surface area (Å²) in [4.78, 5) is 3.94. The Morgan fingerprint density at radius 1 is 1.92 bits per heavy atom. The molecule has 0 aliphatic carbocycles. The monoisotopic (exact) mass is 202 g/mol. The molecule has 1 heterocycles. The molecular formula is C7H7ClN2OS. The van der Waals surface area contributed by atoms with Crippen LogP contribution >= 0.6 is 22.9 Å². The lowest BCUT2D eigenvalue weighted by molar-refractivity contribution is 0.102. The van der Waals surface area contributed by atoms with Crippen LogP contribution in [0.2, 0.25) is 4.34 Å². The second kappa shape index (κ2) is 4.41. The molecule has 0 aromatic carbocycles. The van der Waals surface area contributed by atoms with Gasteiger partial charge in [0.2, 0.25) is 0 Å². The van der Waals surface area contributed by atoms with E-state index in [2.05, 4.69) is 4.98 Å². The Labute approximate surface area is 79.6 Å². The van der Waals surface area contributed by atoms with E-state index in [4.69, 9.17) is 21.6 Å². The van der Waals surface area contributed by atoms with Gasteiger partial charge in [-0.1, -0.05) is 11.6 Å². The molecule has 0 N–H and O–H groups in total. The molecule has 1 atom stereocenters. The van der Waals surface area contributed by atoms with Gasteiger partial charge in [-0.3, -0.25) is 0 Å². The van der Waals surface area contributed by atoms with Crippen molar-refractivity contribution < 1.29 is 4.74 Å². The lowest BCUT2D eigenvalue weighted by atomic mass is 10.4. The van der Waals surface area contributed by atoms with Crippen LogP contribution in [0.4, 0.5) is 0 Å². The quantitative estimate of drug-likeness (QED) is 0.756. The molecule has 1 rings (SSSR count). The maximum atomic E-state index is 8.67. The number of aromatic nitrogens is 1. The molecular weight excluding hydrogens is 196 g/mol. The highest BCUT2D eigenvalue weighted by molar-refractivity contribution is 7.15. The number of nitriles is 1. The van der Waals surface area contributed by atoms with Crippen molar-refractivity contribution in [2.45, 2.75) is 13.0 Å². The van der Waals surface area contributed by atoms with Crippen LogP contribution in [0.25, 0.3) is 0 Å². The van der Waals surface area contributed by atoms with E-state index in [1.165, 1.54) is 17.5 Å². The third-order valence-electron chi connectivity index (χ3n) is 1.17. The molecule has 0 saturated carbocycles. The Hall–Kier alpha value is -0.630. The fourth-order valence-electron chi connectivity index (χ4n) is 0.719. The summed E-state index contributed by atoms with van der Waals surface area (Å²) in [7, 11) is 0. The van der Waals surface area contributed by atoms with Crippen LogP contribution in [0.3, 0.4) is 0 Å². The highest BCUT2D eigenvalue weighted by atomic mass is 35.5. The van der Waals surface area contributed by atoms with Gasteiger partial charge in [0.1, 0.15) is 15.4 Å². The Kier molecular flexibility index (Phi) is 3.48. The topological polar surface area (TPSA) is 45.9 Å². The van der Waals surface area contributed by atoms with Crippen molar-refractivity contribution in [1.82, 2.24) is 4.98 Å². The molecule has 5 heteroatoms. The summed E-state index contributed by atoms with van der Waals surface area (Å²) in [6.45, 7) is 2.33. The zero-order valence-electron chi connectivity index (χ0n) is 6.45. The zero-order chi connectivity index (χ0) is 8.97. The minimum Gasteiger partial charge on any atom is -0.356 e. The Bertz CT molecular complexity index is 294. The van der Waals surface area contributed by atoms with Crippen LogP contribution in [0.15, 0.2) is 6.20 Å². The van der Waals surface area contributed by atoms with Gasteiger partial charge >= 0.3 is 0 Å². The molecule has 0 aliphatic rings. The van der Waals surface area contributed by atoms with Crippen LogP contribution in [-0.4, -0.2) is 11.6 Å². The molecule has 0 amide bonds. The van der Waals surface area contributed by atoms with Crippen molar-refractivity contribution in [3.05, 3.63) is 15.5 Å². The van der Waals surface area contributed by atoms with Crippen LogP contribution in [0, 0.1) is 11.3 Å². The van der Waals surface area contributed by atoms with Crippen LogP contribution in [-0.2, 0) is 4.74 Å². The van der Waals surface area contributed by atoms with Crippen molar-refractivity contribution in [2.24, 2.45) is 0 Å². The van der Waals surface area contributed by atoms with E-state index in [1.807, 2.05) is 13.0 Å². The predicted octanol–water partition coefficient (Wildman–Crippen LogP) is 2.40. The van der Waals surface area contributed by atoms with E-state index in [1.54, 1.807) is 0 Å². The van der Waals surface area contributed by atoms with Gasteiger partial charge in [0.05, 0.1) is 6.20 Å². The second-order valence-corrected chi connectivity index (χ2v) is 3.66. The van der Waals surface area contributed by atoms with Crippen LogP contribution in [0.5, 0.6) is 0 Å². The van der Waals surface area contributed by atoms with Crippen molar-refractivity contribution in [2.75, 3.05) is 6.61 Å². The fraction of sp³-hybridized carbons (Fsp3) is 0.429. The van der Waals surface area contributed by atoms with Gasteiger partial charge in [-0.05, 0) is 6.92 Å². The molecule has 0 bridgehead atoms. The molecule has 64 valence electrons. The first-order valence-electron chi connectivity index (χ1n) is 3.40. The number of thiazole rings is 1. The summed E-state index contributed by atoms with van der Waals surface area (Å²) in [5.41, 5.74) is 0. The first kappa shape index (κ1) is 9.46. The van der Waals surface area contributed by atoms with E-state index in [9.17, 15) is 0 Å². The van der Waals surface area contributed by atoms with Crippen molar-refractivity contribution in [1.29, 1.82) is 5.26 Å². The van der Waals surface area contributed by atoms with E-state index in [0.717, 1.165) is 0 Å². The van der Waals surface area contributed by atoms with E-state index in [0.29, 0.717) is 16.0 Å². The molecule has 0 saturated heterocycles. The Morgan fingerprint density at radius 2 is 2.67 bits per heavy atom. The average molecular weight is 203 g/mol. The normalized spacial score (nSPS) is 12.4. The van der Waals surface area contributed by atoms with Crippen LogP contribution in [0.1, 0.15) is 18.0 Å². The minimum absolute atomic E-state index is 0.495. The van der Waals surface area contributed by atoms with Gasteiger partial charge in [-0.15, -0.1) is 11.3 Å². The van der Waals surface area contributed by atoms with E-state index >= 15 is 0 Å². The Balaban J connectivity index is 2.74. The molecule has 12 heavy (non-hydrogen) atoms. The molecule has 0 spiro atoms. The fourth-order valence-corrected chi connectivity index (χ4v) is 1.64. The van der Waals surface area contributed by atoms with Crippen molar-refractivity contribution in [3.63, 3.8) is 0 Å². The standard InChI is InChI=1S/C7H7ClN2OS/c1-2-11-5(3-9)7-10-4-6(8)12-7/h4-5H,2H2,1H3. The first-order chi connectivity index (χ1) is 5.77. The van der Waals surface area contributed by atoms with E-state index in [-0.39, 0.29) is 0 Å². The molecule has 0 radical (unpaired) electrons. The average Bonchev–Trinajstić information content (AvgIpc) is 2.47. The molecule has 0 fully saturated rings. The summed E-state index contributed by atoms with van der Waals surface area (Å²) in [6.07, 6.45) is 0.942. The number of nitrogens with zero attached hydrogens (tertiary/aromatic N) is 2. The number of hydrogen-bond donors (Lipinski definition) is 0. The predicted molar refractivity (Wildman–Crippen MR) is 47.1 cm³/mol. The molecule has 0 aliphatic heterocycles. The summed E-state index contributed by atoms with van der Waals surface area (Å²) >= 11 is 6.92. The third kappa shape index (κ3) is 2.18. The summed E-state index contributed by atoms with van der Waals surface area (Å²) in [5.74, 6) is 0. The highest BCUT2D eigenvalue weighted by Gasteiger charge is 2.13. The molecule has 1 aromatic rings. The van der Waals surface area contributed by atoms with Gasteiger partial charge < -0.3 is 4.74 Å². The lowest BCUT2D eigenvalue weighted by Crippen LogP contribution is -2.00. The molecule has 1 unspecified atom stereocenters. The van der Waals surface area contributed by atoms with Crippen molar-refractivity contribution >= 4 is 22.9 Å². The summed E-state index contributed by atoms with van der Waals surface area (Å²) < 4.78 is 5.69. The van der Waals surface area contributed by atoms with Gasteiger partial charge in [0, 0.05) is 6.61 Å². The van der Waals surface area contributed by atoms with Gasteiger partial charge in [0.15, 0.2) is 6.10 Å². The summed E-state index contributed by atoms with van der Waals surface area (Å²) in [6, 6.07) is 2.00. The Morgan fingerprint density at radius 3 is 3.08 bits per heavy atom. The zero-order valence-corrected chi connectivity index (χ0v) is 8.02. The number of halogens is 1. The van der Waals surface area contributed by atoms with Gasteiger partial charge in [-0.2, -0.15) is 5.26 Å². The van der Waals surface area contributed by atoms with Crippen LogP contribution < -0.4 is 0 Å². The maximum Gasteiger partial charge on any atom is 0.195 e. The van der Waals surface area contributed by atoms with Gasteiger partial charge in [0.25, 0.3) is 0 Å². The number of ether oxygens (including phenoxy) is 1. The largest absolute Gasteiger partial charge is 0.356 e. The first-order valence-corrected chi connectivity index (χ1v) is 4.59. The van der Waals surface area contributed by atoms with Gasteiger partial charge in [-0.25, -0.2) is 4.98 Å². The maximum absolute atomic E-state index is 8.67. The smallest absolute Gasteiger partial charge is 0.195 e. The third-order valence-corrected chi connectivity index (χ3v) is 2.33. The highest BCUT2D eigenvalue weighted by Crippen LogP contribution is 2.25. The van der Waals surface area contributed by atoms with E-state index < -0.39 is 6.10 Å². The number of hydrogen-bond acceptors (Lipinski definition) is 4. The SMILES string of the molecule is CCOC(C#N)c1ncc(Cl)s1. The molecule has 3 nitrogen and oxygen atoms in total. The second-order valence-electron chi connectivity index (χ2n) is 1.97. The lowest BCUT2D eigenvalue weighted by Gasteiger charge is -2.03. The summed E-state index contributed by atoms with van der Waals surface area (Å²) in [5, 5.41) is 9.28. The van der Waals surface area contributed by atoms with Crippen molar-refractivity contribution in [3.8, 4) is 6.07 Å².